The third kappa shape index (κ3) is 3.31. The standard InChI is InChI=1S/C13H17N5O/c1-4-14-12-6-10(5-9(2)16-12)13(19)17-11-7-15-18(3)8-11/h5-8H,4H2,1-3H3,(H,14,16)(H,17,19). The van der Waals surface area contributed by atoms with Crippen molar-refractivity contribution in [2.24, 2.45) is 7.05 Å². The van der Waals surface area contributed by atoms with Gasteiger partial charge in [0.05, 0.1) is 11.9 Å². The molecule has 100 valence electrons. The predicted octanol–water partition coefficient (Wildman–Crippen LogP) is 1.81. The molecular weight excluding hydrogens is 242 g/mol. The Morgan fingerprint density at radius 2 is 2.21 bits per heavy atom. The van der Waals surface area contributed by atoms with Crippen molar-refractivity contribution in [1.82, 2.24) is 14.8 Å². The highest BCUT2D eigenvalue weighted by molar-refractivity contribution is 6.04. The Bertz CT molecular complexity index is 590. The Hall–Kier alpha value is -2.37. The van der Waals surface area contributed by atoms with Crippen LogP contribution in [0.15, 0.2) is 24.5 Å². The molecule has 2 aromatic heterocycles. The van der Waals surface area contributed by atoms with Gasteiger partial charge in [0.15, 0.2) is 0 Å². The summed E-state index contributed by atoms with van der Waals surface area (Å²) in [6.45, 7) is 4.61. The molecule has 0 fully saturated rings. The van der Waals surface area contributed by atoms with Crippen LogP contribution in [0.1, 0.15) is 23.0 Å². The van der Waals surface area contributed by atoms with Crippen LogP contribution in [-0.4, -0.2) is 27.2 Å². The van der Waals surface area contributed by atoms with E-state index < -0.39 is 0 Å². The van der Waals surface area contributed by atoms with E-state index in [1.54, 1.807) is 36.3 Å². The molecule has 2 N–H and O–H groups in total. The van der Waals surface area contributed by atoms with Crippen molar-refractivity contribution in [2.75, 3.05) is 17.2 Å². The Morgan fingerprint density at radius 1 is 1.42 bits per heavy atom. The second-order valence-electron chi connectivity index (χ2n) is 4.27. The minimum atomic E-state index is -0.169. The SMILES string of the molecule is CCNc1cc(C(=O)Nc2cnn(C)c2)cc(C)n1. The van der Waals surface area contributed by atoms with Crippen LogP contribution in [0.3, 0.4) is 0 Å². The fourth-order valence-electron chi connectivity index (χ4n) is 1.76. The van der Waals surface area contributed by atoms with Crippen LogP contribution in [0.4, 0.5) is 11.5 Å². The van der Waals surface area contributed by atoms with Crippen molar-refractivity contribution >= 4 is 17.4 Å². The number of rotatable bonds is 4. The van der Waals surface area contributed by atoms with Crippen LogP contribution < -0.4 is 10.6 Å². The van der Waals surface area contributed by atoms with E-state index in [-0.39, 0.29) is 5.91 Å². The molecule has 0 spiro atoms. The monoisotopic (exact) mass is 259 g/mol. The second-order valence-corrected chi connectivity index (χ2v) is 4.27. The fourth-order valence-corrected chi connectivity index (χ4v) is 1.76. The van der Waals surface area contributed by atoms with Gasteiger partial charge in [0, 0.05) is 31.0 Å². The van der Waals surface area contributed by atoms with Gasteiger partial charge in [-0.25, -0.2) is 4.98 Å². The van der Waals surface area contributed by atoms with Crippen LogP contribution in [0.2, 0.25) is 0 Å². The number of nitrogens with one attached hydrogen (secondary N) is 2. The lowest BCUT2D eigenvalue weighted by molar-refractivity contribution is 0.102. The Labute approximate surface area is 111 Å². The van der Waals surface area contributed by atoms with Gasteiger partial charge < -0.3 is 10.6 Å². The molecule has 0 aliphatic carbocycles. The number of anilines is 2. The summed E-state index contributed by atoms with van der Waals surface area (Å²) in [5.41, 5.74) is 2.05. The van der Waals surface area contributed by atoms with Crippen molar-refractivity contribution in [3.63, 3.8) is 0 Å². The maximum Gasteiger partial charge on any atom is 0.255 e. The summed E-state index contributed by atoms with van der Waals surface area (Å²) in [7, 11) is 1.80. The van der Waals surface area contributed by atoms with Gasteiger partial charge in [-0.1, -0.05) is 0 Å². The molecule has 2 heterocycles. The van der Waals surface area contributed by atoms with Crippen molar-refractivity contribution in [1.29, 1.82) is 0 Å². The predicted molar refractivity (Wildman–Crippen MR) is 74.3 cm³/mol. The number of carbonyl (C=O) groups is 1. The quantitative estimate of drug-likeness (QED) is 0.878. The zero-order valence-electron chi connectivity index (χ0n) is 11.3. The van der Waals surface area contributed by atoms with E-state index in [4.69, 9.17) is 0 Å². The largest absolute Gasteiger partial charge is 0.370 e. The van der Waals surface area contributed by atoms with Gasteiger partial charge in [-0.05, 0) is 26.0 Å². The molecule has 1 amide bonds. The first-order valence-electron chi connectivity index (χ1n) is 6.11. The molecule has 0 saturated carbocycles. The highest BCUT2D eigenvalue weighted by atomic mass is 16.1. The molecule has 0 atom stereocenters. The molecule has 2 aromatic rings. The number of nitrogens with zero attached hydrogens (tertiary/aromatic N) is 3. The van der Waals surface area contributed by atoms with Gasteiger partial charge in [0.2, 0.25) is 0 Å². The van der Waals surface area contributed by atoms with Crippen LogP contribution in [-0.2, 0) is 7.05 Å². The van der Waals surface area contributed by atoms with Crippen LogP contribution in [0.25, 0.3) is 0 Å². The normalized spacial score (nSPS) is 10.3. The number of carbonyl (C=O) groups excluding carboxylic acids is 1. The minimum absolute atomic E-state index is 0.169. The minimum Gasteiger partial charge on any atom is -0.370 e. The summed E-state index contributed by atoms with van der Waals surface area (Å²) in [5, 5.41) is 9.91. The molecule has 0 aliphatic rings. The molecule has 0 saturated heterocycles. The highest BCUT2D eigenvalue weighted by Gasteiger charge is 2.09. The first kappa shape index (κ1) is 13.1. The number of hydrogen-bond acceptors (Lipinski definition) is 4. The van der Waals surface area contributed by atoms with Crippen LogP contribution in [0.5, 0.6) is 0 Å². The second kappa shape index (κ2) is 5.51. The van der Waals surface area contributed by atoms with Gasteiger partial charge in [-0.15, -0.1) is 0 Å². The molecule has 6 nitrogen and oxygen atoms in total. The summed E-state index contributed by atoms with van der Waals surface area (Å²) >= 11 is 0. The first-order valence-corrected chi connectivity index (χ1v) is 6.11. The van der Waals surface area contributed by atoms with E-state index in [1.807, 2.05) is 13.8 Å². The smallest absolute Gasteiger partial charge is 0.255 e. The summed E-state index contributed by atoms with van der Waals surface area (Å²) in [4.78, 5) is 16.4. The molecular formula is C13H17N5O. The van der Waals surface area contributed by atoms with E-state index in [2.05, 4.69) is 20.7 Å². The lowest BCUT2D eigenvalue weighted by atomic mass is 10.2. The van der Waals surface area contributed by atoms with E-state index in [9.17, 15) is 4.79 Å². The molecule has 0 unspecified atom stereocenters. The zero-order valence-corrected chi connectivity index (χ0v) is 11.3. The van der Waals surface area contributed by atoms with Crippen molar-refractivity contribution in [2.45, 2.75) is 13.8 Å². The average Bonchev–Trinajstić information content (AvgIpc) is 2.74. The maximum atomic E-state index is 12.1. The lowest BCUT2D eigenvalue weighted by Gasteiger charge is -2.07. The van der Waals surface area contributed by atoms with Crippen LogP contribution >= 0.6 is 0 Å². The van der Waals surface area contributed by atoms with Crippen molar-refractivity contribution in [3.8, 4) is 0 Å². The first-order chi connectivity index (χ1) is 9.08. The molecule has 6 heteroatoms. The summed E-state index contributed by atoms with van der Waals surface area (Å²) < 4.78 is 1.64. The van der Waals surface area contributed by atoms with E-state index in [1.165, 1.54) is 0 Å². The number of aryl methyl sites for hydroxylation is 2. The lowest BCUT2D eigenvalue weighted by Crippen LogP contribution is -2.13. The fraction of sp³-hybridized carbons (Fsp3) is 0.308. The molecule has 2 rings (SSSR count). The molecule has 0 aliphatic heterocycles. The third-order valence-electron chi connectivity index (χ3n) is 2.54. The van der Waals surface area contributed by atoms with Gasteiger partial charge in [0.25, 0.3) is 5.91 Å². The third-order valence-corrected chi connectivity index (χ3v) is 2.54. The Kier molecular flexibility index (Phi) is 3.79. The molecule has 19 heavy (non-hydrogen) atoms. The molecule has 0 aromatic carbocycles. The van der Waals surface area contributed by atoms with Crippen molar-refractivity contribution < 1.29 is 4.79 Å². The summed E-state index contributed by atoms with van der Waals surface area (Å²) in [6, 6.07) is 3.49. The summed E-state index contributed by atoms with van der Waals surface area (Å²) in [5.74, 6) is 0.538. The number of hydrogen-bond donors (Lipinski definition) is 2. The molecule has 0 bridgehead atoms. The maximum absolute atomic E-state index is 12.1. The van der Waals surface area contributed by atoms with Gasteiger partial charge in [0.1, 0.15) is 5.82 Å². The zero-order chi connectivity index (χ0) is 13.8. The van der Waals surface area contributed by atoms with E-state index in [0.717, 1.165) is 12.2 Å². The van der Waals surface area contributed by atoms with Gasteiger partial charge >= 0.3 is 0 Å². The van der Waals surface area contributed by atoms with Crippen molar-refractivity contribution in [3.05, 3.63) is 35.8 Å². The Balaban J connectivity index is 2.18. The number of pyridine rings is 1. The Morgan fingerprint density at radius 3 is 2.84 bits per heavy atom. The van der Waals surface area contributed by atoms with Gasteiger partial charge in [-0.2, -0.15) is 5.10 Å². The van der Waals surface area contributed by atoms with E-state index >= 15 is 0 Å². The summed E-state index contributed by atoms with van der Waals surface area (Å²) in [6.07, 6.45) is 3.36. The topological polar surface area (TPSA) is 71.8 Å². The average molecular weight is 259 g/mol. The number of amides is 1. The van der Waals surface area contributed by atoms with Gasteiger partial charge in [-0.3, -0.25) is 9.48 Å². The molecule has 0 radical (unpaired) electrons. The highest BCUT2D eigenvalue weighted by Crippen LogP contribution is 2.12. The number of aromatic nitrogens is 3. The van der Waals surface area contributed by atoms with E-state index in [0.29, 0.717) is 17.1 Å². The van der Waals surface area contributed by atoms with Crippen LogP contribution in [0, 0.1) is 6.92 Å².